The van der Waals surface area contributed by atoms with E-state index in [1.165, 1.54) is 23.3 Å². The minimum atomic E-state index is -0.274. The Balaban J connectivity index is 1.90. The van der Waals surface area contributed by atoms with E-state index in [9.17, 15) is 4.79 Å². The number of nitrogens with zero attached hydrogens (tertiary/aromatic N) is 4. The Kier molecular flexibility index (Phi) is 7.61. The number of alkyl halides is 2. The van der Waals surface area contributed by atoms with Crippen LogP contribution in [0.3, 0.4) is 0 Å². The van der Waals surface area contributed by atoms with E-state index in [1.54, 1.807) is 0 Å². The molecule has 1 aromatic heterocycles. The molecule has 150 valence electrons. The van der Waals surface area contributed by atoms with E-state index < -0.39 is 0 Å². The lowest BCUT2D eigenvalue weighted by Gasteiger charge is -2.20. The first-order valence-electron chi connectivity index (χ1n) is 8.61. The molecule has 2 aromatic rings. The Labute approximate surface area is 191 Å². The lowest BCUT2D eigenvalue weighted by atomic mass is 10.0. The second kappa shape index (κ2) is 9.76. The molecule has 1 amide bonds. The van der Waals surface area contributed by atoms with Crippen LogP contribution in [-0.4, -0.2) is 46.5 Å². The molecule has 10 heteroatoms. The molecule has 5 nitrogen and oxygen atoms in total. The molecule has 0 aliphatic carbocycles. The molecule has 0 saturated carbocycles. The van der Waals surface area contributed by atoms with Crippen molar-refractivity contribution in [1.29, 1.82) is 0 Å². The number of halogens is 4. The second-order valence-corrected chi connectivity index (χ2v) is 9.19. The van der Waals surface area contributed by atoms with Crippen LogP contribution in [-0.2, 0) is 4.79 Å². The van der Waals surface area contributed by atoms with Crippen LogP contribution < -0.4 is 4.90 Å². The number of anilines is 1. The van der Waals surface area contributed by atoms with Gasteiger partial charge in [0.1, 0.15) is 5.15 Å². The highest BCUT2D eigenvalue weighted by atomic mass is 79.9. The van der Waals surface area contributed by atoms with Gasteiger partial charge in [0.25, 0.3) is 0 Å². The van der Waals surface area contributed by atoms with Gasteiger partial charge in [-0.1, -0.05) is 51.0 Å². The van der Waals surface area contributed by atoms with E-state index in [0.717, 1.165) is 25.8 Å². The highest BCUT2D eigenvalue weighted by Gasteiger charge is 2.35. The van der Waals surface area contributed by atoms with Gasteiger partial charge in [-0.15, -0.1) is 23.2 Å². The minimum absolute atomic E-state index is 0.137. The summed E-state index contributed by atoms with van der Waals surface area (Å²) in [7, 11) is 0. The topological polar surface area (TPSA) is 48.8 Å². The first kappa shape index (κ1) is 21.8. The minimum Gasteiger partial charge on any atom is -0.346 e. The Morgan fingerprint density at radius 3 is 2.50 bits per heavy atom. The van der Waals surface area contributed by atoms with E-state index in [4.69, 9.17) is 34.8 Å². The third-order valence-electron chi connectivity index (χ3n) is 4.29. The third kappa shape index (κ3) is 4.82. The molecular formula is C18H18BrCl3N4OS. The van der Waals surface area contributed by atoms with Crippen LogP contribution in [0.25, 0.3) is 0 Å². The fraction of sp³-hybridized carbons (Fsp3) is 0.389. The van der Waals surface area contributed by atoms with Gasteiger partial charge in [0.05, 0.1) is 16.6 Å². The summed E-state index contributed by atoms with van der Waals surface area (Å²) in [6.45, 7) is 2.75. The van der Waals surface area contributed by atoms with Gasteiger partial charge in [0.15, 0.2) is 5.13 Å². The van der Waals surface area contributed by atoms with Gasteiger partial charge >= 0.3 is 0 Å². The van der Waals surface area contributed by atoms with Crippen LogP contribution >= 0.6 is 62.1 Å². The Morgan fingerprint density at radius 2 is 1.93 bits per heavy atom. The summed E-state index contributed by atoms with van der Waals surface area (Å²) in [5.74, 6) is 0.786. The SMILES string of the molecule is CC(=O)N1N=C(c2ccc(Br)cc2)CC1c1sc(N(CCCl)CCCl)nc1Cl. The van der Waals surface area contributed by atoms with Crippen molar-refractivity contribution in [2.24, 2.45) is 5.10 Å². The average Bonchev–Trinajstić information content (AvgIpc) is 3.26. The number of thiazole rings is 1. The molecule has 1 aliphatic heterocycles. The highest BCUT2D eigenvalue weighted by Crippen LogP contribution is 2.42. The molecule has 1 aliphatic rings. The standard InChI is InChI=1S/C18H18BrCl3N4OS/c1-11(27)26-15(10-14(24-26)12-2-4-13(19)5-3-12)16-17(22)23-18(28-16)25(8-6-20)9-7-21/h2-5,15H,6-10H2,1H3. The zero-order chi connectivity index (χ0) is 20.3. The molecule has 1 unspecified atom stereocenters. The van der Waals surface area contributed by atoms with Crippen LogP contribution in [0.5, 0.6) is 0 Å². The number of carbonyl (C=O) groups is 1. The smallest absolute Gasteiger partial charge is 0.240 e. The highest BCUT2D eigenvalue weighted by molar-refractivity contribution is 9.10. The van der Waals surface area contributed by atoms with Crippen molar-refractivity contribution in [1.82, 2.24) is 9.99 Å². The Morgan fingerprint density at radius 1 is 1.29 bits per heavy atom. The van der Waals surface area contributed by atoms with E-state index in [1.807, 2.05) is 29.2 Å². The number of aromatic nitrogens is 1. The fourth-order valence-electron chi connectivity index (χ4n) is 2.97. The largest absolute Gasteiger partial charge is 0.346 e. The van der Waals surface area contributed by atoms with E-state index in [-0.39, 0.29) is 11.9 Å². The maximum Gasteiger partial charge on any atom is 0.240 e. The fourth-order valence-corrected chi connectivity index (χ4v) is 5.11. The maximum atomic E-state index is 12.2. The van der Waals surface area contributed by atoms with Crippen LogP contribution in [0.4, 0.5) is 5.13 Å². The summed E-state index contributed by atoms with van der Waals surface area (Å²) in [6, 6.07) is 7.59. The third-order valence-corrected chi connectivity index (χ3v) is 6.78. The zero-order valence-corrected chi connectivity index (χ0v) is 19.7. The molecule has 2 heterocycles. The first-order valence-corrected chi connectivity index (χ1v) is 11.7. The summed E-state index contributed by atoms with van der Waals surface area (Å²) >= 11 is 23.2. The molecule has 0 bridgehead atoms. The van der Waals surface area contributed by atoms with Gasteiger partial charge in [0, 0.05) is 42.7 Å². The number of carbonyl (C=O) groups excluding carboxylic acids is 1. The summed E-state index contributed by atoms with van der Waals surface area (Å²) in [5.41, 5.74) is 1.82. The van der Waals surface area contributed by atoms with Gasteiger partial charge < -0.3 is 4.90 Å². The number of hydrogen-bond donors (Lipinski definition) is 0. The predicted molar refractivity (Wildman–Crippen MR) is 121 cm³/mol. The number of rotatable bonds is 7. The van der Waals surface area contributed by atoms with E-state index in [0.29, 0.717) is 36.4 Å². The van der Waals surface area contributed by atoms with Crippen molar-refractivity contribution in [3.8, 4) is 0 Å². The lowest BCUT2D eigenvalue weighted by Crippen LogP contribution is -2.27. The normalized spacial score (nSPS) is 16.4. The molecule has 0 radical (unpaired) electrons. The van der Waals surface area contributed by atoms with Crippen LogP contribution in [0.15, 0.2) is 33.8 Å². The Bertz CT molecular complexity index is 868. The molecule has 0 spiro atoms. The maximum absolute atomic E-state index is 12.2. The summed E-state index contributed by atoms with van der Waals surface area (Å²) in [5, 5.41) is 7.20. The van der Waals surface area contributed by atoms with Gasteiger partial charge in [-0.25, -0.2) is 9.99 Å². The lowest BCUT2D eigenvalue weighted by molar-refractivity contribution is -0.130. The van der Waals surface area contributed by atoms with Crippen molar-refractivity contribution in [2.75, 3.05) is 29.7 Å². The predicted octanol–water partition coefficient (Wildman–Crippen LogP) is 5.54. The van der Waals surface area contributed by atoms with Crippen LogP contribution in [0, 0.1) is 0 Å². The van der Waals surface area contributed by atoms with Gasteiger partial charge in [-0.05, 0) is 17.7 Å². The summed E-state index contributed by atoms with van der Waals surface area (Å²) in [4.78, 5) is 19.5. The molecule has 1 atom stereocenters. The van der Waals surface area contributed by atoms with Gasteiger partial charge in [-0.2, -0.15) is 5.10 Å². The number of hydrogen-bond acceptors (Lipinski definition) is 5. The van der Waals surface area contributed by atoms with Crippen molar-refractivity contribution in [3.63, 3.8) is 0 Å². The average molecular weight is 525 g/mol. The molecule has 28 heavy (non-hydrogen) atoms. The van der Waals surface area contributed by atoms with Crippen molar-refractivity contribution in [3.05, 3.63) is 44.3 Å². The molecule has 3 rings (SSSR count). The monoisotopic (exact) mass is 522 g/mol. The second-order valence-electron chi connectivity index (χ2n) is 6.15. The summed E-state index contributed by atoms with van der Waals surface area (Å²) in [6.07, 6.45) is 0.577. The first-order chi connectivity index (χ1) is 13.4. The zero-order valence-electron chi connectivity index (χ0n) is 15.0. The number of hydrazone groups is 1. The molecule has 0 saturated heterocycles. The molecule has 0 fully saturated rings. The number of benzene rings is 1. The van der Waals surface area contributed by atoms with Gasteiger partial charge in [-0.3, -0.25) is 4.79 Å². The Hall–Kier alpha value is -0.860. The van der Waals surface area contributed by atoms with E-state index in [2.05, 4.69) is 26.0 Å². The quantitative estimate of drug-likeness (QED) is 0.447. The van der Waals surface area contributed by atoms with Crippen molar-refractivity contribution < 1.29 is 4.79 Å². The van der Waals surface area contributed by atoms with Crippen molar-refractivity contribution in [2.45, 2.75) is 19.4 Å². The van der Waals surface area contributed by atoms with Gasteiger partial charge in [0.2, 0.25) is 5.91 Å². The molecule has 1 aromatic carbocycles. The molecular weight excluding hydrogens is 507 g/mol. The number of amides is 1. The summed E-state index contributed by atoms with van der Waals surface area (Å²) < 4.78 is 0.989. The van der Waals surface area contributed by atoms with Crippen LogP contribution in [0.2, 0.25) is 5.15 Å². The van der Waals surface area contributed by atoms with Crippen molar-refractivity contribution >= 4 is 78.8 Å². The van der Waals surface area contributed by atoms with E-state index >= 15 is 0 Å². The van der Waals surface area contributed by atoms with Crippen LogP contribution in [0.1, 0.15) is 29.8 Å². The molecule has 0 N–H and O–H groups in total.